The molecule has 0 spiro atoms. The Morgan fingerprint density at radius 3 is 2.44 bits per heavy atom. The maximum Gasteiger partial charge on any atom is 0.492 e. The zero-order valence-corrected chi connectivity index (χ0v) is 17.2. The number of hydrogen-bond acceptors (Lipinski definition) is 5. The van der Waals surface area contributed by atoms with E-state index in [2.05, 4.69) is 5.32 Å². The highest BCUT2D eigenvalue weighted by Crippen LogP contribution is 2.33. The van der Waals surface area contributed by atoms with Crippen LogP contribution in [-0.4, -0.2) is 30.1 Å². The molecule has 1 amide bonds. The van der Waals surface area contributed by atoms with E-state index in [1.807, 2.05) is 0 Å². The van der Waals surface area contributed by atoms with Gasteiger partial charge in [-0.15, -0.1) is 0 Å². The van der Waals surface area contributed by atoms with Crippen molar-refractivity contribution in [2.75, 3.05) is 0 Å². The first-order valence-corrected chi connectivity index (χ1v) is 9.73. The van der Waals surface area contributed by atoms with E-state index in [9.17, 15) is 32.2 Å². The highest BCUT2D eigenvalue weighted by molar-refractivity contribution is 6.62. The molecule has 1 atom stereocenters. The van der Waals surface area contributed by atoms with Crippen molar-refractivity contribution >= 4 is 24.5 Å². The zero-order chi connectivity index (χ0) is 23.6. The number of halogens is 4. The maximum atomic E-state index is 13.8. The minimum atomic E-state index is -4.94. The van der Waals surface area contributed by atoms with Crippen LogP contribution in [0, 0.1) is 11.7 Å². The Balaban J connectivity index is 1.81. The van der Waals surface area contributed by atoms with Gasteiger partial charge in [-0.25, -0.2) is 9.18 Å². The van der Waals surface area contributed by atoms with Crippen LogP contribution >= 0.6 is 0 Å². The number of carbonyl (C=O) groups excluding carboxylic acids is 2. The van der Waals surface area contributed by atoms with Crippen LogP contribution in [-0.2, 0) is 33.6 Å². The number of carbonyl (C=O) groups is 2. The van der Waals surface area contributed by atoms with Crippen molar-refractivity contribution in [1.82, 2.24) is 5.32 Å². The molecule has 0 aliphatic carbocycles. The fraction of sp³-hybridized carbons (Fsp3) is 0.333. The van der Waals surface area contributed by atoms with E-state index in [0.717, 1.165) is 6.07 Å². The highest BCUT2D eigenvalue weighted by Gasteiger charge is 2.44. The van der Waals surface area contributed by atoms with Gasteiger partial charge in [0, 0.05) is 5.46 Å². The Labute approximate surface area is 181 Å². The van der Waals surface area contributed by atoms with E-state index in [1.165, 1.54) is 30.3 Å². The van der Waals surface area contributed by atoms with Gasteiger partial charge in [0.25, 0.3) is 5.91 Å². The summed E-state index contributed by atoms with van der Waals surface area (Å²) in [7, 11) is -1.81. The van der Waals surface area contributed by atoms with Crippen molar-refractivity contribution in [3.63, 3.8) is 0 Å². The van der Waals surface area contributed by atoms with E-state index in [0.29, 0.717) is 5.56 Å². The summed E-state index contributed by atoms with van der Waals surface area (Å²) in [5.41, 5.74) is -1.93. The first kappa shape index (κ1) is 23.7. The van der Waals surface area contributed by atoms with E-state index in [4.69, 9.17) is 9.39 Å². The van der Waals surface area contributed by atoms with Gasteiger partial charge >= 0.3 is 19.3 Å². The molecule has 0 aromatic heterocycles. The predicted molar refractivity (Wildman–Crippen MR) is 106 cm³/mol. The van der Waals surface area contributed by atoms with E-state index >= 15 is 0 Å². The number of amides is 1. The van der Waals surface area contributed by atoms with Crippen molar-refractivity contribution in [3.05, 3.63) is 64.5 Å². The third-order valence-electron chi connectivity index (χ3n) is 5.01. The highest BCUT2D eigenvalue weighted by atomic mass is 19.4. The van der Waals surface area contributed by atoms with Crippen molar-refractivity contribution in [2.45, 2.75) is 39.3 Å². The SMILES string of the molecule is CC(C)C(NC(=O)c1ccc2c(c1C(F)(F)F)B(O)OC2)C(=O)OCc1ccc(F)cc1. The van der Waals surface area contributed by atoms with Crippen molar-refractivity contribution < 1.29 is 41.6 Å². The molecule has 1 aliphatic heterocycles. The molecule has 1 aliphatic rings. The Kier molecular flexibility index (Phi) is 6.89. The minimum Gasteiger partial charge on any atom is -0.459 e. The van der Waals surface area contributed by atoms with E-state index < -0.39 is 59.5 Å². The third kappa shape index (κ3) is 5.10. The molecule has 3 rings (SSSR count). The Bertz CT molecular complexity index is 1010. The van der Waals surface area contributed by atoms with Crippen molar-refractivity contribution in [2.24, 2.45) is 5.92 Å². The second kappa shape index (κ2) is 9.29. The summed E-state index contributed by atoms with van der Waals surface area (Å²) in [5, 5.41) is 12.1. The minimum absolute atomic E-state index is 0.125. The summed E-state index contributed by atoms with van der Waals surface area (Å²) in [6, 6.07) is 6.23. The number of nitrogens with one attached hydrogen (secondary N) is 1. The molecular formula is C21H20BF4NO5. The Morgan fingerprint density at radius 2 is 1.84 bits per heavy atom. The van der Waals surface area contributed by atoms with E-state index in [1.54, 1.807) is 13.8 Å². The van der Waals surface area contributed by atoms with Gasteiger partial charge in [0.15, 0.2) is 0 Å². The molecule has 2 N–H and O–H groups in total. The molecule has 0 bridgehead atoms. The third-order valence-corrected chi connectivity index (χ3v) is 5.01. The molecule has 11 heteroatoms. The lowest BCUT2D eigenvalue weighted by atomic mass is 9.74. The standard InChI is InChI=1S/C21H20BF4NO5/c1-11(2)18(20(29)31-9-12-3-6-14(23)7-4-12)27-19(28)15-8-5-13-10-32-22(30)17(13)16(15)21(24,25)26/h3-8,11,18,30H,9-10H2,1-2H3,(H,27,28). The zero-order valence-electron chi connectivity index (χ0n) is 17.2. The van der Waals surface area contributed by atoms with Gasteiger partial charge in [-0.3, -0.25) is 4.79 Å². The molecule has 1 heterocycles. The van der Waals surface area contributed by atoms with Gasteiger partial charge in [-0.05, 0) is 35.2 Å². The van der Waals surface area contributed by atoms with Gasteiger partial charge in [0.1, 0.15) is 18.5 Å². The molecule has 0 fully saturated rings. The molecule has 0 saturated heterocycles. The van der Waals surface area contributed by atoms with Gasteiger partial charge in [-0.2, -0.15) is 13.2 Å². The molecule has 2 aromatic carbocycles. The van der Waals surface area contributed by atoms with Crippen LogP contribution in [0.2, 0.25) is 0 Å². The van der Waals surface area contributed by atoms with Crippen LogP contribution in [0.15, 0.2) is 36.4 Å². The smallest absolute Gasteiger partial charge is 0.459 e. The molecule has 2 aromatic rings. The van der Waals surface area contributed by atoms with Crippen LogP contribution in [0.25, 0.3) is 0 Å². The average Bonchev–Trinajstić information content (AvgIpc) is 3.10. The first-order chi connectivity index (χ1) is 15.0. The second-order valence-electron chi connectivity index (χ2n) is 7.65. The van der Waals surface area contributed by atoms with Gasteiger partial charge < -0.3 is 19.7 Å². The Morgan fingerprint density at radius 1 is 1.19 bits per heavy atom. The van der Waals surface area contributed by atoms with Gasteiger partial charge in [0.2, 0.25) is 0 Å². The average molecular weight is 453 g/mol. The van der Waals surface area contributed by atoms with Crippen LogP contribution < -0.4 is 10.8 Å². The number of fused-ring (bicyclic) bond motifs is 1. The molecule has 6 nitrogen and oxygen atoms in total. The summed E-state index contributed by atoms with van der Waals surface area (Å²) >= 11 is 0. The lowest BCUT2D eigenvalue weighted by Gasteiger charge is -2.23. The summed E-state index contributed by atoms with van der Waals surface area (Å²) < 4.78 is 64.3. The molecule has 170 valence electrons. The summed E-state index contributed by atoms with van der Waals surface area (Å²) in [6.07, 6.45) is -4.94. The number of esters is 1. The Hall–Kier alpha value is -2.92. The molecule has 0 saturated carbocycles. The summed E-state index contributed by atoms with van der Waals surface area (Å²) in [6.45, 7) is 2.77. The molecule has 32 heavy (non-hydrogen) atoms. The number of alkyl halides is 3. The first-order valence-electron chi connectivity index (χ1n) is 9.73. The maximum absolute atomic E-state index is 13.8. The normalized spacial score (nSPS) is 14.3. The number of ether oxygens (including phenoxy) is 1. The van der Waals surface area contributed by atoms with Crippen LogP contribution in [0.1, 0.15) is 40.9 Å². The fourth-order valence-electron chi connectivity index (χ4n) is 3.36. The number of hydrogen-bond donors (Lipinski definition) is 2. The molecular weight excluding hydrogens is 433 g/mol. The largest absolute Gasteiger partial charge is 0.492 e. The predicted octanol–water partition coefficient (Wildman–Crippen LogP) is 2.56. The van der Waals surface area contributed by atoms with Gasteiger partial charge in [-0.1, -0.05) is 32.0 Å². The fourth-order valence-corrected chi connectivity index (χ4v) is 3.36. The van der Waals surface area contributed by atoms with Crippen molar-refractivity contribution in [1.29, 1.82) is 0 Å². The monoisotopic (exact) mass is 453 g/mol. The summed E-state index contributed by atoms with van der Waals surface area (Å²) in [5.74, 6) is -2.96. The lowest BCUT2D eigenvalue weighted by Crippen LogP contribution is -2.46. The van der Waals surface area contributed by atoms with Crippen molar-refractivity contribution in [3.8, 4) is 0 Å². The quantitative estimate of drug-likeness (QED) is 0.399. The van der Waals surface area contributed by atoms with Gasteiger partial charge in [0.05, 0.1) is 17.7 Å². The summed E-state index contributed by atoms with van der Waals surface area (Å²) in [4.78, 5) is 25.3. The molecule has 1 unspecified atom stereocenters. The number of benzene rings is 2. The number of rotatable bonds is 6. The topological polar surface area (TPSA) is 84.9 Å². The second-order valence-corrected chi connectivity index (χ2v) is 7.65. The van der Waals surface area contributed by atoms with E-state index in [-0.39, 0.29) is 18.8 Å². The molecule has 0 radical (unpaired) electrons. The van der Waals surface area contributed by atoms with Crippen LogP contribution in [0.3, 0.4) is 0 Å². The van der Waals surface area contributed by atoms with Crippen LogP contribution in [0.4, 0.5) is 17.6 Å². The van der Waals surface area contributed by atoms with Crippen LogP contribution in [0.5, 0.6) is 0 Å². The lowest BCUT2D eigenvalue weighted by molar-refractivity contribution is -0.148.